The number of nitrogens with one attached hydrogen (secondary N) is 2. The first-order valence-corrected chi connectivity index (χ1v) is 6.13. The predicted octanol–water partition coefficient (Wildman–Crippen LogP) is 1.01. The molecule has 1 aliphatic rings. The molecule has 0 amide bonds. The fraction of sp³-hybridized carbons (Fsp3) is 0.538. The van der Waals surface area contributed by atoms with Crippen molar-refractivity contribution in [2.24, 2.45) is 0 Å². The number of aryl methyl sites for hydroxylation is 2. The number of nitrogens with zero attached hydrogens (tertiary/aromatic N) is 1. The Labute approximate surface area is 107 Å². The van der Waals surface area contributed by atoms with Crippen LogP contribution in [0.3, 0.4) is 0 Å². The van der Waals surface area contributed by atoms with Gasteiger partial charge in [0, 0.05) is 6.20 Å². The molecule has 0 aliphatic carbocycles. The first-order chi connectivity index (χ1) is 8.61. The number of aromatic nitrogens is 1. The molecular weight excluding hydrogens is 230 g/mol. The van der Waals surface area contributed by atoms with Crippen molar-refractivity contribution >= 4 is 11.8 Å². The fourth-order valence-corrected chi connectivity index (χ4v) is 2.28. The minimum atomic E-state index is -0.294. The molecule has 2 N–H and O–H groups in total. The van der Waals surface area contributed by atoms with Crippen LogP contribution >= 0.6 is 0 Å². The van der Waals surface area contributed by atoms with Gasteiger partial charge in [0.2, 0.25) is 0 Å². The molecule has 1 aromatic rings. The normalized spacial score (nSPS) is 22.8. The summed E-state index contributed by atoms with van der Waals surface area (Å²) in [5.74, 6) is 0.609. The van der Waals surface area contributed by atoms with E-state index in [0.29, 0.717) is 0 Å². The Morgan fingerprint density at radius 3 is 3.00 bits per heavy atom. The van der Waals surface area contributed by atoms with E-state index >= 15 is 0 Å². The van der Waals surface area contributed by atoms with Gasteiger partial charge in [0.05, 0.1) is 13.2 Å². The molecule has 1 aliphatic heterocycles. The highest BCUT2D eigenvalue weighted by Gasteiger charge is 2.33. The van der Waals surface area contributed by atoms with Crippen LogP contribution in [0.5, 0.6) is 0 Å². The summed E-state index contributed by atoms with van der Waals surface area (Å²) in [5, 5.41) is 6.47. The van der Waals surface area contributed by atoms with Gasteiger partial charge in [-0.2, -0.15) is 0 Å². The SMILES string of the molecule is COC(=O)[C@H]1NCC[C@@H]1Nc1ncc(C)cc1C. The molecule has 0 spiro atoms. The van der Waals surface area contributed by atoms with E-state index in [1.54, 1.807) is 0 Å². The highest BCUT2D eigenvalue weighted by atomic mass is 16.5. The number of rotatable bonds is 3. The zero-order valence-electron chi connectivity index (χ0n) is 11.0. The molecule has 5 nitrogen and oxygen atoms in total. The fourth-order valence-electron chi connectivity index (χ4n) is 2.28. The van der Waals surface area contributed by atoms with Crippen molar-refractivity contribution in [1.29, 1.82) is 0 Å². The quantitative estimate of drug-likeness (QED) is 0.783. The molecule has 98 valence electrons. The van der Waals surface area contributed by atoms with Crippen LogP contribution in [0.2, 0.25) is 0 Å². The summed E-state index contributed by atoms with van der Waals surface area (Å²) in [6.07, 6.45) is 2.71. The smallest absolute Gasteiger partial charge is 0.325 e. The average molecular weight is 249 g/mol. The molecule has 0 radical (unpaired) electrons. The number of methoxy groups -OCH3 is 1. The van der Waals surface area contributed by atoms with Crippen LogP contribution < -0.4 is 10.6 Å². The van der Waals surface area contributed by atoms with Crippen LogP contribution in [0.15, 0.2) is 12.3 Å². The number of ether oxygens (including phenoxy) is 1. The second-order valence-corrected chi connectivity index (χ2v) is 4.67. The molecule has 2 rings (SSSR count). The van der Waals surface area contributed by atoms with E-state index in [4.69, 9.17) is 4.74 Å². The van der Waals surface area contributed by atoms with Crippen molar-refractivity contribution in [1.82, 2.24) is 10.3 Å². The number of pyridine rings is 1. The van der Waals surface area contributed by atoms with Crippen LogP contribution in [0, 0.1) is 13.8 Å². The maximum absolute atomic E-state index is 11.6. The van der Waals surface area contributed by atoms with Crippen molar-refractivity contribution in [3.05, 3.63) is 23.4 Å². The average Bonchev–Trinajstić information content (AvgIpc) is 2.80. The molecule has 2 atom stereocenters. The Kier molecular flexibility index (Phi) is 3.81. The third-order valence-electron chi connectivity index (χ3n) is 3.21. The number of hydrogen-bond donors (Lipinski definition) is 2. The molecule has 1 saturated heterocycles. The Morgan fingerprint density at radius 1 is 1.56 bits per heavy atom. The van der Waals surface area contributed by atoms with Crippen LogP contribution in [0.1, 0.15) is 17.5 Å². The molecule has 1 aromatic heterocycles. The van der Waals surface area contributed by atoms with Gasteiger partial charge in [-0.25, -0.2) is 4.98 Å². The molecule has 0 unspecified atom stereocenters. The van der Waals surface area contributed by atoms with E-state index in [1.165, 1.54) is 7.11 Å². The molecule has 1 fully saturated rings. The van der Waals surface area contributed by atoms with E-state index in [1.807, 2.05) is 20.0 Å². The molecule has 2 heterocycles. The second kappa shape index (κ2) is 5.35. The maximum atomic E-state index is 11.6. The van der Waals surface area contributed by atoms with Gasteiger partial charge in [-0.1, -0.05) is 6.07 Å². The summed E-state index contributed by atoms with van der Waals surface area (Å²) >= 11 is 0. The second-order valence-electron chi connectivity index (χ2n) is 4.67. The number of carbonyl (C=O) groups is 1. The van der Waals surface area contributed by atoms with Crippen molar-refractivity contribution in [2.45, 2.75) is 32.4 Å². The van der Waals surface area contributed by atoms with Crippen LogP contribution in [-0.2, 0) is 9.53 Å². The number of esters is 1. The van der Waals surface area contributed by atoms with Crippen molar-refractivity contribution in [3.63, 3.8) is 0 Å². The zero-order chi connectivity index (χ0) is 13.1. The van der Waals surface area contributed by atoms with E-state index < -0.39 is 0 Å². The van der Waals surface area contributed by atoms with Gasteiger partial charge in [-0.3, -0.25) is 4.79 Å². The topological polar surface area (TPSA) is 63.2 Å². The summed E-state index contributed by atoms with van der Waals surface area (Å²) in [6.45, 7) is 4.83. The highest BCUT2D eigenvalue weighted by molar-refractivity contribution is 5.77. The van der Waals surface area contributed by atoms with Crippen LogP contribution in [0.4, 0.5) is 5.82 Å². The minimum Gasteiger partial charge on any atom is -0.468 e. The standard InChI is InChI=1S/C13H19N3O2/c1-8-6-9(2)12(15-7-8)16-10-4-5-14-11(10)13(17)18-3/h6-7,10-11,14H,4-5H2,1-3H3,(H,15,16)/t10-,11-/m0/s1. The summed E-state index contributed by atoms with van der Waals surface area (Å²) in [7, 11) is 1.41. The summed E-state index contributed by atoms with van der Waals surface area (Å²) in [5.41, 5.74) is 2.22. The van der Waals surface area contributed by atoms with Crippen molar-refractivity contribution in [2.75, 3.05) is 19.0 Å². The summed E-state index contributed by atoms with van der Waals surface area (Å²) in [4.78, 5) is 16.0. The van der Waals surface area contributed by atoms with Crippen molar-refractivity contribution < 1.29 is 9.53 Å². The largest absolute Gasteiger partial charge is 0.468 e. The lowest BCUT2D eigenvalue weighted by molar-refractivity contribution is -0.142. The van der Waals surface area contributed by atoms with Gasteiger partial charge in [0.1, 0.15) is 11.9 Å². The van der Waals surface area contributed by atoms with E-state index in [2.05, 4.69) is 21.7 Å². The molecule has 0 saturated carbocycles. The Balaban J connectivity index is 2.10. The third kappa shape index (κ3) is 2.61. The lowest BCUT2D eigenvalue weighted by atomic mass is 10.1. The Morgan fingerprint density at radius 2 is 2.33 bits per heavy atom. The Bertz CT molecular complexity index is 448. The molecule has 0 bridgehead atoms. The minimum absolute atomic E-state index is 0.0337. The van der Waals surface area contributed by atoms with Gasteiger partial charge in [-0.05, 0) is 37.9 Å². The van der Waals surface area contributed by atoms with Crippen LogP contribution in [-0.4, -0.2) is 36.7 Å². The molecule has 18 heavy (non-hydrogen) atoms. The van der Waals surface area contributed by atoms with Gasteiger partial charge in [-0.15, -0.1) is 0 Å². The third-order valence-corrected chi connectivity index (χ3v) is 3.21. The number of carbonyl (C=O) groups excluding carboxylic acids is 1. The van der Waals surface area contributed by atoms with Gasteiger partial charge < -0.3 is 15.4 Å². The monoisotopic (exact) mass is 249 g/mol. The van der Waals surface area contributed by atoms with E-state index in [9.17, 15) is 4.79 Å². The Hall–Kier alpha value is -1.62. The number of hydrogen-bond acceptors (Lipinski definition) is 5. The predicted molar refractivity (Wildman–Crippen MR) is 69.5 cm³/mol. The maximum Gasteiger partial charge on any atom is 0.325 e. The first kappa shape index (κ1) is 12.8. The lowest BCUT2D eigenvalue weighted by Gasteiger charge is -2.20. The first-order valence-electron chi connectivity index (χ1n) is 6.13. The lowest BCUT2D eigenvalue weighted by Crippen LogP contribution is -2.43. The van der Waals surface area contributed by atoms with Gasteiger partial charge >= 0.3 is 5.97 Å². The highest BCUT2D eigenvalue weighted by Crippen LogP contribution is 2.18. The van der Waals surface area contributed by atoms with Crippen molar-refractivity contribution in [3.8, 4) is 0 Å². The van der Waals surface area contributed by atoms with E-state index in [-0.39, 0.29) is 18.1 Å². The van der Waals surface area contributed by atoms with Gasteiger partial charge in [0.15, 0.2) is 0 Å². The van der Waals surface area contributed by atoms with Gasteiger partial charge in [0.25, 0.3) is 0 Å². The molecular formula is C13H19N3O2. The number of anilines is 1. The summed E-state index contributed by atoms with van der Waals surface area (Å²) < 4.78 is 4.79. The van der Waals surface area contributed by atoms with E-state index in [0.717, 1.165) is 29.9 Å². The van der Waals surface area contributed by atoms with Crippen LogP contribution in [0.25, 0.3) is 0 Å². The molecule has 0 aromatic carbocycles. The molecule has 5 heteroatoms. The zero-order valence-corrected chi connectivity index (χ0v) is 11.0. The summed E-state index contributed by atoms with van der Waals surface area (Å²) in [6, 6.07) is 1.81.